The van der Waals surface area contributed by atoms with E-state index >= 15 is 0 Å². The molecule has 15 atom stereocenters. The fourth-order valence-corrected chi connectivity index (χ4v) is 4.95. The number of aliphatic hydroxyl groups excluding tert-OH is 5. The third kappa shape index (κ3) is 12.4. The van der Waals surface area contributed by atoms with Crippen molar-refractivity contribution < 1.29 is 84.6 Å². The van der Waals surface area contributed by atoms with Gasteiger partial charge < -0.3 is 72.1 Å². The Morgan fingerprint density at radius 3 is 1.68 bits per heavy atom. The van der Waals surface area contributed by atoms with E-state index in [0.717, 1.165) is 0 Å². The molecule has 1 unspecified atom stereocenters. The third-order valence-corrected chi connectivity index (χ3v) is 6.95. The van der Waals surface area contributed by atoms with Crippen molar-refractivity contribution in [3.05, 3.63) is 0 Å². The van der Waals surface area contributed by atoms with E-state index in [1.807, 2.05) is 0 Å². The van der Waals surface area contributed by atoms with Crippen molar-refractivity contribution in [2.45, 2.75) is 111 Å². The topological polar surface area (TPSA) is 398 Å². The van der Waals surface area contributed by atoms with Gasteiger partial charge in [-0.3, -0.25) is 18.2 Å². The van der Waals surface area contributed by atoms with Crippen LogP contribution in [0.25, 0.3) is 0 Å². The highest BCUT2D eigenvalue weighted by Crippen LogP contribution is 2.32. The van der Waals surface area contributed by atoms with Gasteiger partial charge >= 0.3 is 20.8 Å². The summed E-state index contributed by atoms with van der Waals surface area (Å²) in [6.07, 6.45) is -12.4. The van der Waals surface area contributed by atoms with Crippen LogP contribution in [-0.4, -0.2) is 171 Å². The number of ether oxygens (including phenoxy) is 4. The second-order valence-corrected chi connectivity index (χ2v) is 12.5. The molecule has 0 aromatic rings. The normalized spacial score (nSPS) is 44.0. The highest BCUT2D eigenvalue weighted by Gasteiger charge is 2.52. The maximum atomic E-state index is 11.1. The summed E-state index contributed by atoms with van der Waals surface area (Å²) < 4.78 is 85.9. The molecule has 0 radical (unpaired) electrons. The van der Waals surface area contributed by atoms with Crippen LogP contribution in [0.2, 0.25) is 0 Å². The molecule has 0 spiro atoms. The molecular weight excluding hydrogens is 648 g/mol. The molecule has 2 aliphatic heterocycles. The molecule has 264 valence electrons. The summed E-state index contributed by atoms with van der Waals surface area (Å²) >= 11 is 0. The molecule has 2 saturated heterocycles. The molecule has 3 aliphatic rings. The van der Waals surface area contributed by atoms with E-state index in [0.29, 0.717) is 0 Å². The Balaban J connectivity index is 0.000000837. The number of rotatable bonds is 6. The monoisotopic (exact) mass is 692 g/mol. The van der Waals surface area contributed by atoms with E-state index < -0.39 is 112 Å². The summed E-state index contributed by atoms with van der Waals surface area (Å²) in [4.78, 5) is 0. The molecule has 3 rings (SSSR count). The van der Waals surface area contributed by atoms with Gasteiger partial charge in [-0.2, -0.15) is 16.8 Å². The number of hydrogen-bond donors (Lipinski definition) is 14. The minimum absolute atomic E-state index is 0.135. The predicted octanol–water partition coefficient (Wildman–Crippen LogP) is -6.92. The van der Waals surface area contributed by atoms with Gasteiger partial charge in [-0.25, -0.2) is 0 Å². The Morgan fingerprint density at radius 1 is 0.841 bits per heavy atom. The average Bonchev–Trinajstić information content (AvgIpc) is 2.83. The van der Waals surface area contributed by atoms with Crippen LogP contribution < -0.4 is 22.5 Å². The largest absolute Gasteiger partial charge is 0.394 e. The summed E-state index contributed by atoms with van der Waals surface area (Å²) in [5.74, 6) is 0. The van der Waals surface area contributed by atoms with E-state index in [1.165, 1.54) is 13.8 Å². The lowest BCUT2D eigenvalue weighted by molar-refractivity contribution is -0.319. The Hall–Kier alpha value is -0.820. The Bertz CT molecular complexity index is 1050. The maximum absolute atomic E-state index is 11.1. The SMILES string of the molecule is CN[C@@H]1[C@@H](O)[C@@H](O[C@@H]2[C@@H](O)[C@H](O[C@H]3OC([C@@H](C)O)[C@@H](O)[C@H](O)[C@H]3N)[C@@H](N)C[C@H]2N)OC[C@]1(C)O.O=S(=O)(O)O.O=S(=O)(O)O. The Morgan fingerprint density at radius 2 is 1.27 bits per heavy atom. The van der Waals surface area contributed by atoms with Crippen molar-refractivity contribution in [3.63, 3.8) is 0 Å². The lowest BCUT2D eigenvalue weighted by atomic mass is 9.84. The molecule has 22 nitrogen and oxygen atoms in total. The molecule has 0 aromatic heterocycles. The van der Waals surface area contributed by atoms with Gasteiger partial charge in [-0.15, -0.1) is 0 Å². The fourth-order valence-electron chi connectivity index (χ4n) is 4.95. The third-order valence-electron chi connectivity index (χ3n) is 6.95. The fraction of sp³-hybridized carbons (Fsp3) is 1.00. The Kier molecular flexibility index (Phi) is 15.3. The van der Waals surface area contributed by atoms with Crippen molar-refractivity contribution in [1.82, 2.24) is 5.32 Å². The van der Waals surface area contributed by atoms with E-state index in [-0.39, 0.29) is 13.0 Å². The van der Waals surface area contributed by atoms with Crippen LogP contribution in [0.1, 0.15) is 20.3 Å². The quantitative estimate of drug-likeness (QED) is 0.115. The van der Waals surface area contributed by atoms with Gasteiger partial charge in [0.25, 0.3) is 0 Å². The number of likely N-dealkylation sites (N-methyl/N-ethyl adjacent to an activating group) is 1. The molecule has 0 bridgehead atoms. The summed E-state index contributed by atoms with van der Waals surface area (Å²) in [6, 6.07) is -3.47. The molecular formula is C20H44N4O18S2. The first-order valence-corrected chi connectivity index (χ1v) is 15.6. The van der Waals surface area contributed by atoms with Crippen molar-refractivity contribution in [2.24, 2.45) is 17.2 Å². The summed E-state index contributed by atoms with van der Waals surface area (Å²) in [6.45, 7) is 2.75. The van der Waals surface area contributed by atoms with Gasteiger partial charge in [-0.1, -0.05) is 0 Å². The molecule has 3 fully saturated rings. The van der Waals surface area contributed by atoms with Crippen molar-refractivity contribution >= 4 is 20.8 Å². The van der Waals surface area contributed by atoms with Gasteiger partial charge in [0.1, 0.15) is 48.3 Å². The second-order valence-electron chi connectivity index (χ2n) is 10.7. The average molecular weight is 693 g/mol. The highest BCUT2D eigenvalue weighted by atomic mass is 32.3. The zero-order valence-electron chi connectivity index (χ0n) is 23.8. The summed E-state index contributed by atoms with van der Waals surface area (Å²) in [5, 5.41) is 65.2. The van der Waals surface area contributed by atoms with Gasteiger partial charge in [0.05, 0.1) is 24.8 Å². The minimum atomic E-state index is -4.67. The van der Waals surface area contributed by atoms with Crippen LogP contribution in [0.3, 0.4) is 0 Å². The van der Waals surface area contributed by atoms with E-state index in [9.17, 15) is 30.6 Å². The lowest BCUT2D eigenvalue weighted by Gasteiger charge is -2.49. The molecule has 1 saturated carbocycles. The van der Waals surface area contributed by atoms with Crippen LogP contribution in [-0.2, 0) is 39.7 Å². The van der Waals surface area contributed by atoms with Crippen LogP contribution >= 0.6 is 0 Å². The van der Waals surface area contributed by atoms with Gasteiger partial charge in [-0.05, 0) is 27.3 Å². The molecule has 0 amide bonds. The predicted molar refractivity (Wildman–Crippen MR) is 144 cm³/mol. The van der Waals surface area contributed by atoms with Gasteiger partial charge in [0.2, 0.25) is 0 Å². The molecule has 44 heavy (non-hydrogen) atoms. The van der Waals surface area contributed by atoms with Gasteiger partial charge in [0.15, 0.2) is 12.6 Å². The number of nitrogens with two attached hydrogens (primary N) is 3. The second kappa shape index (κ2) is 16.3. The highest BCUT2D eigenvalue weighted by molar-refractivity contribution is 7.80. The molecule has 17 N–H and O–H groups in total. The number of nitrogens with one attached hydrogen (secondary N) is 1. The molecule has 0 aromatic carbocycles. The molecule has 24 heteroatoms. The van der Waals surface area contributed by atoms with Crippen LogP contribution in [0.5, 0.6) is 0 Å². The van der Waals surface area contributed by atoms with Crippen LogP contribution in [0, 0.1) is 0 Å². The van der Waals surface area contributed by atoms with Crippen molar-refractivity contribution in [3.8, 4) is 0 Å². The molecule has 1 aliphatic carbocycles. The zero-order chi connectivity index (χ0) is 34.5. The number of hydrogen-bond acceptors (Lipinski definition) is 18. The first-order valence-electron chi connectivity index (χ1n) is 12.8. The standard InChI is InChI=1S/C20H40N4O10.2H2O4S/c1-6(25)14-11(27)10(26)9(23)18(32-14)33-15-7(21)4-8(22)16(12(15)28)34-19-13(29)17(24-3)20(2,30)5-31-19;2*1-5(2,3)4/h6-19,24-30H,4-5,21-23H2,1-3H3;2*(H2,1,2,3,4)/t6-,7+,8-,9-,10-,11+,12+,13-,14?,15-,16+,17-,18-,19-,20+;;/m1../s1. The Labute approximate surface area is 253 Å². The van der Waals surface area contributed by atoms with Crippen LogP contribution in [0.15, 0.2) is 0 Å². The van der Waals surface area contributed by atoms with Crippen molar-refractivity contribution in [2.75, 3.05) is 13.7 Å². The lowest BCUT2D eigenvalue weighted by Crippen LogP contribution is -2.69. The minimum Gasteiger partial charge on any atom is -0.391 e. The van der Waals surface area contributed by atoms with Crippen molar-refractivity contribution in [1.29, 1.82) is 0 Å². The van der Waals surface area contributed by atoms with Gasteiger partial charge in [0, 0.05) is 12.1 Å². The summed E-state index contributed by atoms with van der Waals surface area (Å²) in [5.41, 5.74) is 17.0. The zero-order valence-corrected chi connectivity index (χ0v) is 25.4. The smallest absolute Gasteiger partial charge is 0.391 e. The first kappa shape index (κ1) is 41.2. The molecule has 2 heterocycles. The van der Waals surface area contributed by atoms with E-state index in [2.05, 4.69) is 5.32 Å². The van der Waals surface area contributed by atoms with E-state index in [1.54, 1.807) is 7.05 Å². The number of aliphatic hydroxyl groups is 6. The first-order chi connectivity index (χ1) is 19.8. The van der Waals surface area contributed by atoms with E-state index in [4.69, 9.17) is 71.2 Å². The van der Waals surface area contributed by atoms with Crippen LogP contribution in [0.4, 0.5) is 0 Å². The maximum Gasteiger partial charge on any atom is 0.394 e. The summed E-state index contributed by atoms with van der Waals surface area (Å²) in [7, 11) is -7.76.